The van der Waals surface area contributed by atoms with Gasteiger partial charge in [-0.15, -0.1) is 21.5 Å². The standard InChI is InChI=1S/C11H15N5S/c1-6-10-14-15-11(16(10)5-4-12-6)9-7(2)17-8(3)13-9/h6,12H,4-5H2,1-3H3/t6-/m1/s1. The highest BCUT2D eigenvalue weighted by Crippen LogP contribution is 2.28. The van der Waals surface area contributed by atoms with Crippen LogP contribution in [-0.4, -0.2) is 26.3 Å². The van der Waals surface area contributed by atoms with E-state index < -0.39 is 0 Å². The summed E-state index contributed by atoms with van der Waals surface area (Å²) in [4.78, 5) is 5.77. The van der Waals surface area contributed by atoms with Crippen molar-refractivity contribution in [3.63, 3.8) is 0 Å². The lowest BCUT2D eigenvalue weighted by molar-refractivity contribution is 0.438. The van der Waals surface area contributed by atoms with Crippen molar-refractivity contribution in [2.24, 2.45) is 0 Å². The highest BCUT2D eigenvalue weighted by molar-refractivity contribution is 7.11. The fourth-order valence-corrected chi connectivity index (χ4v) is 3.07. The molecule has 1 aliphatic rings. The molecule has 3 heterocycles. The van der Waals surface area contributed by atoms with Crippen LogP contribution in [0.3, 0.4) is 0 Å². The molecule has 1 aliphatic heterocycles. The fraction of sp³-hybridized carbons (Fsp3) is 0.545. The normalized spacial score (nSPS) is 19.4. The van der Waals surface area contributed by atoms with E-state index in [1.807, 2.05) is 6.92 Å². The molecular weight excluding hydrogens is 234 g/mol. The number of nitrogens with zero attached hydrogens (tertiary/aromatic N) is 4. The van der Waals surface area contributed by atoms with Crippen LogP contribution in [0.15, 0.2) is 0 Å². The number of aromatic nitrogens is 4. The Morgan fingerprint density at radius 2 is 2.18 bits per heavy atom. The van der Waals surface area contributed by atoms with E-state index in [4.69, 9.17) is 0 Å². The first-order chi connectivity index (χ1) is 8.16. The predicted octanol–water partition coefficient (Wildman–Crippen LogP) is 1.68. The van der Waals surface area contributed by atoms with Crippen molar-refractivity contribution >= 4 is 11.3 Å². The van der Waals surface area contributed by atoms with E-state index in [1.54, 1.807) is 11.3 Å². The van der Waals surface area contributed by atoms with Gasteiger partial charge in [-0.1, -0.05) is 0 Å². The van der Waals surface area contributed by atoms with Crippen LogP contribution in [0.1, 0.15) is 28.7 Å². The Bertz CT molecular complexity index is 556. The molecule has 0 unspecified atom stereocenters. The second-order valence-electron chi connectivity index (χ2n) is 4.35. The molecule has 0 amide bonds. The third-order valence-electron chi connectivity index (χ3n) is 3.07. The molecule has 0 fully saturated rings. The molecule has 0 spiro atoms. The van der Waals surface area contributed by atoms with Crippen LogP contribution in [-0.2, 0) is 6.54 Å². The second-order valence-corrected chi connectivity index (χ2v) is 5.75. The van der Waals surface area contributed by atoms with Crippen LogP contribution in [0.2, 0.25) is 0 Å². The van der Waals surface area contributed by atoms with Gasteiger partial charge in [-0.25, -0.2) is 4.98 Å². The number of hydrogen-bond acceptors (Lipinski definition) is 5. The van der Waals surface area contributed by atoms with E-state index in [-0.39, 0.29) is 6.04 Å². The largest absolute Gasteiger partial charge is 0.307 e. The molecule has 1 atom stereocenters. The Hall–Kier alpha value is -1.27. The third-order valence-corrected chi connectivity index (χ3v) is 3.95. The van der Waals surface area contributed by atoms with Crippen molar-refractivity contribution in [2.45, 2.75) is 33.4 Å². The molecule has 0 aromatic carbocycles. The van der Waals surface area contributed by atoms with E-state index in [2.05, 4.69) is 38.9 Å². The van der Waals surface area contributed by atoms with Crippen molar-refractivity contribution in [1.29, 1.82) is 0 Å². The molecule has 3 rings (SSSR count). The smallest absolute Gasteiger partial charge is 0.183 e. The molecule has 2 aromatic heterocycles. The van der Waals surface area contributed by atoms with Gasteiger partial charge in [0.2, 0.25) is 0 Å². The van der Waals surface area contributed by atoms with Gasteiger partial charge in [-0.05, 0) is 20.8 Å². The molecule has 2 aromatic rings. The zero-order chi connectivity index (χ0) is 12.0. The molecule has 90 valence electrons. The topological polar surface area (TPSA) is 55.6 Å². The van der Waals surface area contributed by atoms with Crippen LogP contribution in [0.4, 0.5) is 0 Å². The van der Waals surface area contributed by atoms with Crippen molar-refractivity contribution in [2.75, 3.05) is 6.54 Å². The van der Waals surface area contributed by atoms with Crippen LogP contribution < -0.4 is 5.32 Å². The monoisotopic (exact) mass is 249 g/mol. The third kappa shape index (κ3) is 1.68. The maximum absolute atomic E-state index is 4.56. The van der Waals surface area contributed by atoms with Crippen molar-refractivity contribution < 1.29 is 0 Å². The highest BCUT2D eigenvalue weighted by Gasteiger charge is 2.24. The fourth-order valence-electron chi connectivity index (χ4n) is 2.25. The van der Waals surface area contributed by atoms with E-state index in [0.717, 1.165) is 35.4 Å². The minimum atomic E-state index is 0.269. The Morgan fingerprint density at radius 1 is 1.35 bits per heavy atom. The number of aryl methyl sites for hydroxylation is 2. The molecule has 6 heteroatoms. The molecule has 1 N–H and O–H groups in total. The van der Waals surface area contributed by atoms with Gasteiger partial charge in [-0.3, -0.25) is 0 Å². The van der Waals surface area contributed by atoms with Gasteiger partial charge in [0.25, 0.3) is 0 Å². The first kappa shape index (κ1) is 10.9. The highest BCUT2D eigenvalue weighted by atomic mass is 32.1. The molecule has 5 nitrogen and oxygen atoms in total. The van der Waals surface area contributed by atoms with Crippen LogP contribution >= 0.6 is 11.3 Å². The van der Waals surface area contributed by atoms with E-state index in [0.29, 0.717) is 0 Å². The number of hydrogen-bond donors (Lipinski definition) is 1. The maximum atomic E-state index is 4.56. The van der Waals surface area contributed by atoms with Gasteiger partial charge < -0.3 is 9.88 Å². The van der Waals surface area contributed by atoms with E-state index in [1.165, 1.54) is 4.88 Å². The molecule has 0 aliphatic carbocycles. The van der Waals surface area contributed by atoms with Gasteiger partial charge in [0, 0.05) is 18.0 Å². The molecule has 17 heavy (non-hydrogen) atoms. The number of fused-ring (bicyclic) bond motifs is 1. The molecule has 0 saturated carbocycles. The lowest BCUT2D eigenvalue weighted by Gasteiger charge is -2.21. The number of thiazole rings is 1. The first-order valence-electron chi connectivity index (χ1n) is 5.77. The lowest BCUT2D eigenvalue weighted by Crippen LogP contribution is -2.32. The van der Waals surface area contributed by atoms with Gasteiger partial charge in [0.15, 0.2) is 5.82 Å². The Labute approximate surface area is 104 Å². The summed E-state index contributed by atoms with van der Waals surface area (Å²) in [5, 5.41) is 13.1. The summed E-state index contributed by atoms with van der Waals surface area (Å²) < 4.78 is 2.18. The quantitative estimate of drug-likeness (QED) is 0.835. The zero-order valence-electron chi connectivity index (χ0n) is 10.2. The lowest BCUT2D eigenvalue weighted by atomic mass is 10.2. The molecular formula is C11H15N5S. The van der Waals surface area contributed by atoms with Crippen molar-refractivity contribution in [3.8, 4) is 11.5 Å². The average Bonchev–Trinajstić information content (AvgIpc) is 2.83. The number of nitrogens with one attached hydrogen (secondary N) is 1. The van der Waals surface area contributed by atoms with E-state index in [9.17, 15) is 0 Å². The van der Waals surface area contributed by atoms with Crippen LogP contribution in [0.25, 0.3) is 11.5 Å². The average molecular weight is 249 g/mol. The molecule has 0 radical (unpaired) electrons. The Morgan fingerprint density at radius 3 is 2.88 bits per heavy atom. The summed E-state index contributed by atoms with van der Waals surface area (Å²) in [7, 11) is 0. The summed E-state index contributed by atoms with van der Waals surface area (Å²) in [6.45, 7) is 8.10. The van der Waals surface area contributed by atoms with Gasteiger partial charge in [-0.2, -0.15) is 0 Å². The molecule has 0 saturated heterocycles. The first-order valence-corrected chi connectivity index (χ1v) is 6.59. The SMILES string of the molecule is Cc1nc(-c2nnc3n2CCN[C@@H]3C)c(C)s1. The Kier molecular flexibility index (Phi) is 2.48. The van der Waals surface area contributed by atoms with Gasteiger partial charge in [0.1, 0.15) is 11.5 Å². The van der Waals surface area contributed by atoms with Gasteiger partial charge >= 0.3 is 0 Å². The summed E-state index contributed by atoms with van der Waals surface area (Å²) in [5.74, 6) is 1.92. The van der Waals surface area contributed by atoms with Crippen LogP contribution in [0.5, 0.6) is 0 Å². The summed E-state index contributed by atoms with van der Waals surface area (Å²) in [6, 6.07) is 0.269. The minimum absolute atomic E-state index is 0.269. The maximum Gasteiger partial charge on any atom is 0.183 e. The summed E-state index contributed by atoms with van der Waals surface area (Å²) >= 11 is 1.71. The zero-order valence-corrected chi connectivity index (χ0v) is 11.0. The Balaban J connectivity index is 2.13. The minimum Gasteiger partial charge on any atom is -0.307 e. The van der Waals surface area contributed by atoms with E-state index >= 15 is 0 Å². The predicted molar refractivity (Wildman–Crippen MR) is 67.0 cm³/mol. The number of rotatable bonds is 1. The second kappa shape index (κ2) is 3.89. The van der Waals surface area contributed by atoms with Crippen molar-refractivity contribution in [1.82, 2.24) is 25.1 Å². The van der Waals surface area contributed by atoms with Gasteiger partial charge in [0.05, 0.1) is 11.0 Å². The summed E-state index contributed by atoms with van der Waals surface area (Å²) in [5.41, 5.74) is 0.986. The van der Waals surface area contributed by atoms with Crippen molar-refractivity contribution in [3.05, 3.63) is 15.7 Å². The van der Waals surface area contributed by atoms with Crippen LogP contribution in [0, 0.1) is 13.8 Å². The molecule has 0 bridgehead atoms. The summed E-state index contributed by atoms with van der Waals surface area (Å²) in [6.07, 6.45) is 0.